The average molecular weight is 205 g/mol. The molecule has 0 saturated carbocycles. The first-order valence-corrected chi connectivity index (χ1v) is 5.12. The van der Waals surface area contributed by atoms with E-state index in [9.17, 15) is 5.11 Å². The summed E-state index contributed by atoms with van der Waals surface area (Å²) in [7, 11) is 1.64. The van der Waals surface area contributed by atoms with Crippen molar-refractivity contribution >= 4 is 0 Å². The Morgan fingerprint density at radius 2 is 2.07 bits per heavy atom. The lowest BCUT2D eigenvalue weighted by atomic mass is 10.0. The smallest absolute Gasteiger partial charge is 0.0765 e. The lowest BCUT2D eigenvalue weighted by Gasteiger charge is -2.23. The van der Waals surface area contributed by atoms with Crippen molar-refractivity contribution in [2.24, 2.45) is 0 Å². The highest BCUT2D eigenvalue weighted by Gasteiger charge is 2.18. The van der Waals surface area contributed by atoms with E-state index in [-0.39, 0.29) is 0 Å². The molecule has 0 aliphatic heterocycles. The highest BCUT2D eigenvalue weighted by molar-refractivity contribution is 4.74. The molecule has 0 aliphatic rings. The van der Waals surface area contributed by atoms with E-state index in [1.54, 1.807) is 14.0 Å². The van der Waals surface area contributed by atoms with E-state index >= 15 is 0 Å². The third kappa shape index (κ3) is 8.44. The van der Waals surface area contributed by atoms with E-state index in [2.05, 4.69) is 5.32 Å². The van der Waals surface area contributed by atoms with Crippen LogP contribution in [0, 0.1) is 0 Å². The van der Waals surface area contributed by atoms with Gasteiger partial charge in [0.15, 0.2) is 0 Å². The lowest BCUT2D eigenvalue weighted by molar-refractivity contribution is 0.0234. The molecular formula is C10H23NO3. The van der Waals surface area contributed by atoms with Gasteiger partial charge in [-0.15, -0.1) is 0 Å². The summed E-state index contributed by atoms with van der Waals surface area (Å²) in [5.74, 6) is 0. The minimum absolute atomic E-state index is 0.573. The molecule has 0 fully saturated rings. The van der Waals surface area contributed by atoms with Crippen LogP contribution in [0.1, 0.15) is 20.3 Å². The van der Waals surface area contributed by atoms with Gasteiger partial charge in [0, 0.05) is 39.8 Å². The maximum atomic E-state index is 9.82. The van der Waals surface area contributed by atoms with Gasteiger partial charge in [0.05, 0.1) is 12.2 Å². The average Bonchev–Trinajstić information content (AvgIpc) is 2.15. The van der Waals surface area contributed by atoms with Crippen LogP contribution in [-0.4, -0.2) is 50.7 Å². The van der Waals surface area contributed by atoms with E-state index in [1.807, 2.05) is 6.92 Å². The van der Waals surface area contributed by atoms with Crippen molar-refractivity contribution in [3.05, 3.63) is 0 Å². The molecule has 0 amide bonds. The molecule has 0 radical (unpaired) electrons. The molecule has 0 bridgehead atoms. The molecule has 0 aromatic carbocycles. The summed E-state index contributed by atoms with van der Waals surface area (Å²) < 4.78 is 10.1. The van der Waals surface area contributed by atoms with Crippen LogP contribution in [0.5, 0.6) is 0 Å². The Bertz CT molecular complexity index is 129. The topological polar surface area (TPSA) is 50.7 Å². The Kier molecular flexibility index (Phi) is 8.08. The van der Waals surface area contributed by atoms with Gasteiger partial charge in [-0.3, -0.25) is 0 Å². The highest BCUT2D eigenvalue weighted by Crippen LogP contribution is 2.06. The van der Waals surface area contributed by atoms with Crippen LogP contribution in [0.15, 0.2) is 0 Å². The maximum absolute atomic E-state index is 9.82. The summed E-state index contributed by atoms with van der Waals surface area (Å²) in [4.78, 5) is 0. The summed E-state index contributed by atoms with van der Waals surface area (Å²) in [5, 5.41) is 13.0. The third-order valence-electron chi connectivity index (χ3n) is 1.98. The number of rotatable bonds is 9. The van der Waals surface area contributed by atoms with Crippen LogP contribution in [-0.2, 0) is 9.47 Å². The van der Waals surface area contributed by atoms with Crippen LogP contribution >= 0.6 is 0 Å². The van der Waals surface area contributed by atoms with Gasteiger partial charge >= 0.3 is 0 Å². The molecule has 14 heavy (non-hydrogen) atoms. The van der Waals surface area contributed by atoms with Crippen molar-refractivity contribution in [2.45, 2.75) is 25.9 Å². The van der Waals surface area contributed by atoms with Crippen LogP contribution in [0.4, 0.5) is 0 Å². The molecule has 0 aromatic heterocycles. The van der Waals surface area contributed by atoms with Gasteiger partial charge in [0.2, 0.25) is 0 Å². The predicted molar refractivity (Wildman–Crippen MR) is 56.5 cm³/mol. The molecule has 0 aromatic rings. The van der Waals surface area contributed by atoms with Gasteiger partial charge in [-0.2, -0.15) is 0 Å². The van der Waals surface area contributed by atoms with Gasteiger partial charge in [-0.25, -0.2) is 0 Å². The summed E-state index contributed by atoms with van der Waals surface area (Å²) >= 11 is 0. The summed E-state index contributed by atoms with van der Waals surface area (Å²) in [5.41, 5.74) is -0.692. The molecule has 0 heterocycles. The molecule has 2 N–H and O–H groups in total. The standard InChI is InChI=1S/C10H23NO3/c1-4-14-8-6-11-9-10(2,12)5-7-13-3/h11-12H,4-9H2,1-3H3. The van der Waals surface area contributed by atoms with Crippen LogP contribution in [0.2, 0.25) is 0 Å². The normalized spacial score (nSPS) is 15.4. The lowest BCUT2D eigenvalue weighted by Crippen LogP contribution is -2.39. The van der Waals surface area contributed by atoms with E-state index in [0.717, 1.165) is 13.2 Å². The van der Waals surface area contributed by atoms with Gasteiger partial charge < -0.3 is 19.9 Å². The Labute approximate surface area is 86.6 Å². The van der Waals surface area contributed by atoms with Crippen molar-refractivity contribution in [1.29, 1.82) is 0 Å². The minimum atomic E-state index is -0.692. The first-order chi connectivity index (χ1) is 6.62. The summed E-state index contributed by atoms with van der Waals surface area (Å²) in [6, 6.07) is 0. The Hall–Kier alpha value is -0.160. The molecule has 4 heteroatoms. The summed E-state index contributed by atoms with van der Waals surface area (Å²) in [6.07, 6.45) is 0.644. The molecular weight excluding hydrogens is 182 g/mol. The number of nitrogens with one attached hydrogen (secondary N) is 1. The van der Waals surface area contributed by atoms with Crippen molar-refractivity contribution in [3.63, 3.8) is 0 Å². The van der Waals surface area contributed by atoms with Gasteiger partial charge in [0.1, 0.15) is 0 Å². The van der Waals surface area contributed by atoms with E-state index in [4.69, 9.17) is 9.47 Å². The maximum Gasteiger partial charge on any atom is 0.0765 e. The second-order valence-electron chi connectivity index (χ2n) is 3.61. The second kappa shape index (κ2) is 8.17. The number of ether oxygens (including phenoxy) is 2. The molecule has 86 valence electrons. The van der Waals surface area contributed by atoms with E-state index in [1.165, 1.54) is 0 Å². The van der Waals surface area contributed by atoms with Crippen molar-refractivity contribution in [3.8, 4) is 0 Å². The first-order valence-electron chi connectivity index (χ1n) is 5.12. The zero-order valence-corrected chi connectivity index (χ0v) is 9.51. The quantitative estimate of drug-likeness (QED) is 0.535. The fourth-order valence-electron chi connectivity index (χ4n) is 1.06. The molecule has 0 saturated heterocycles. The predicted octanol–water partition coefficient (Wildman–Crippen LogP) is 0.400. The number of aliphatic hydroxyl groups is 1. The zero-order chi connectivity index (χ0) is 10.9. The Morgan fingerprint density at radius 3 is 2.64 bits per heavy atom. The van der Waals surface area contributed by atoms with Crippen LogP contribution in [0.25, 0.3) is 0 Å². The van der Waals surface area contributed by atoms with Gasteiger partial charge in [0.25, 0.3) is 0 Å². The van der Waals surface area contributed by atoms with E-state index < -0.39 is 5.60 Å². The van der Waals surface area contributed by atoms with Crippen LogP contribution < -0.4 is 5.32 Å². The van der Waals surface area contributed by atoms with Crippen molar-refractivity contribution < 1.29 is 14.6 Å². The Morgan fingerprint density at radius 1 is 1.36 bits per heavy atom. The monoisotopic (exact) mass is 205 g/mol. The third-order valence-corrected chi connectivity index (χ3v) is 1.98. The second-order valence-corrected chi connectivity index (χ2v) is 3.61. The van der Waals surface area contributed by atoms with Crippen molar-refractivity contribution in [1.82, 2.24) is 5.32 Å². The summed E-state index contributed by atoms with van der Waals surface area (Å²) in [6.45, 7) is 7.13. The Balaban J connectivity index is 3.35. The minimum Gasteiger partial charge on any atom is -0.389 e. The van der Waals surface area contributed by atoms with E-state index in [0.29, 0.717) is 26.2 Å². The fraction of sp³-hybridized carbons (Fsp3) is 1.00. The molecule has 0 rings (SSSR count). The van der Waals surface area contributed by atoms with Gasteiger partial charge in [-0.05, 0) is 13.8 Å². The number of hydrogen-bond acceptors (Lipinski definition) is 4. The fourth-order valence-corrected chi connectivity index (χ4v) is 1.06. The number of methoxy groups -OCH3 is 1. The molecule has 1 atom stereocenters. The molecule has 0 aliphatic carbocycles. The number of hydrogen-bond donors (Lipinski definition) is 2. The molecule has 4 nitrogen and oxygen atoms in total. The SMILES string of the molecule is CCOCCNCC(C)(O)CCOC. The molecule has 1 unspecified atom stereocenters. The van der Waals surface area contributed by atoms with Gasteiger partial charge in [-0.1, -0.05) is 0 Å². The van der Waals surface area contributed by atoms with Crippen LogP contribution in [0.3, 0.4) is 0 Å². The first kappa shape index (κ1) is 13.8. The zero-order valence-electron chi connectivity index (χ0n) is 9.51. The molecule has 0 spiro atoms. The highest BCUT2D eigenvalue weighted by atomic mass is 16.5. The largest absolute Gasteiger partial charge is 0.389 e. The van der Waals surface area contributed by atoms with Crippen molar-refractivity contribution in [2.75, 3.05) is 40.0 Å².